The standard InChI is InChI=1S/C16H21F2N5/c1-19-16(20-8-3-11-23-12-4-9-22-23)21-10-7-13-5-2-6-14(17)15(13)18/h2,4-6,9,12H,3,7-8,10-11H2,1H3,(H2,19,20,21). The van der Waals surface area contributed by atoms with Crippen LogP contribution in [0.25, 0.3) is 0 Å². The Balaban J connectivity index is 1.67. The summed E-state index contributed by atoms with van der Waals surface area (Å²) >= 11 is 0. The lowest BCUT2D eigenvalue weighted by Crippen LogP contribution is -2.39. The number of aliphatic imine (C=N–C) groups is 1. The third kappa shape index (κ3) is 5.36. The molecule has 0 saturated heterocycles. The predicted octanol–water partition coefficient (Wildman–Crippen LogP) is 1.96. The molecule has 2 aromatic rings. The molecule has 2 rings (SSSR count). The van der Waals surface area contributed by atoms with E-state index < -0.39 is 11.6 Å². The van der Waals surface area contributed by atoms with Crippen LogP contribution in [0.15, 0.2) is 41.7 Å². The fraction of sp³-hybridized carbons (Fsp3) is 0.375. The number of nitrogens with zero attached hydrogens (tertiary/aromatic N) is 3. The van der Waals surface area contributed by atoms with E-state index in [4.69, 9.17) is 0 Å². The summed E-state index contributed by atoms with van der Waals surface area (Å²) in [5.74, 6) is -0.956. The molecule has 0 aliphatic carbocycles. The number of rotatable bonds is 7. The quantitative estimate of drug-likeness (QED) is 0.466. The predicted molar refractivity (Wildman–Crippen MR) is 86.3 cm³/mol. The Morgan fingerprint density at radius 3 is 2.78 bits per heavy atom. The first-order valence-electron chi connectivity index (χ1n) is 7.55. The largest absolute Gasteiger partial charge is 0.356 e. The van der Waals surface area contributed by atoms with Gasteiger partial charge in [0.2, 0.25) is 0 Å². The summed E-state index contributed by atoms with van der Waals surface area (Å²) in [6.07, 6.45) is 4.96. The van der Waals surface area contributed by atoms with Crippen molar-refractivity contribution < 1.29 is 8.78 Å². The van der Waals surface area contributed by atoms with Crippen LogP contribution < -0.4 is 10.6 Å². The molecule has 0 aliphatic rings. The van der Waals surface area contributed by atoms with Crippen LogP contribution in [-0.4, -0.2) is 35.9 Å². The number of guanidine groups is 1. The second-order valence-corrected chi connectivity index (χ2v) is 5.01. The summed E-state index contributed by atoms with van der Waals surface area (Å²) in [5.41, 5.74) is 0.353. The Kier molecular flexibility index (Phi) is 6.53. The van der Waals surface area contributed by atoms with Crippen molar-refractivity contribution in [3.63, 3.8) is 0 Å². The summed E-state index contributed by atoms with van der Waals surface area (Å²) in [5, 5.41) is 10.4. The molecule has 5 nitrogen and oxygen atoms in total. The molecule has 0 amide bonds. The van der Waals surface area contributed by atoms with Crippen molar-refractivity contribution in [1.82, 2.24) is 20.4 Å². The van der Waals surface area contributed by atoms with Gasteiger partial charge in [-0.05, 0) is 30.5 Å². The Bertz CT molecular complexity index is 625. The molecule has 2 N–H and O–H groups in total. The van der Waals surface area contributed by atoms with E-state index in [1.165, 1.54) is 6.07 Å². The summed E-state index contributed by atoms with van der Waals surface area (Å²) in [6, 6.07) is 6.10. The number of hydrogen-bond acceptors (Lipinski definition) is 2. The van der Waals surface area contributed by atoms with E-state index in [9.17, 15) is 8.78 Å². The van der Waals surface area contributed by atoms with Crippen LogP contribution in [0.1, 0.15) is 12.0 Å². The van der Waals surface area contributed by atoms with E-state index >= 15 is 0 Å². The lowest BCUT2D eigenvalue weighted by Gasteiger charge is -2.12. The minimum absolute atomic E-state index is 0.353. The van der Waals surface area contributed by atoms with Crippen molar-refractivity contribution in [2.75, 3.05) is 20.1 Å². The van der Waals surface area contributed by atoms with Crippen LogP contribution in [0.4, 0.5) is 8.78 Å². The van der Waals surface area contributed by atoms with Crippen LogP contribution in [0, 0.1) is 11.6 Å². The summed E-state index contributed by atoms with van der Waals surface area (Å²) in [7, 11) is 1.67. The van der Waals surface area contributed by atoms with Gasteiger partial charge in [-0.25, -0.2) is 8.78 Å². The molecule has 23 heavy (non-hydrogen) atoms. The first-order valence-corrected chi connectivity index (χ1v) is 7.55. The van der Waals surface area contributed by atoms with Crippen molar-refractivity contribution in [2.24, 2.45) is 4.99 Å². The lowest BCUT2D eigenvalue weighted by atomic mass is 10.1. The molecule has 0 bridgehead atoms. The maximum absolute atomic E-state index is 13.5. The highest BCUT2D eigenvalue weighted by Crippen LogP contribution is 2.11. The molecule has 0 radical (unpaired) electrons. The average molecular weight is 321 g/mol. The second-order valence-electron chi connectivity index (χ2n) is 5.01. The van der Waals surface area contributed by atoms with Gasteiger partial charge in [0, 0.05) is 39.1 Å². The van der Waals surface area contributed by atoms with Crippen molar-refractivity contribution in [3.8, 4) is 0 Å². The topological polar surface area (TPSA) is 54.2 Å². The fourth-order valence-corrected chi connectivity index (χ4v) is 2.16. The molecule has 1 aromatic heterocycles. The zero-order valence-corrected chi connectivity index (χ0v) is 13.1. The van der Waals surface area contributed by atoms with E-state index in [0.29, 0.717) is 24.5 Å². The van der Waals surface area contributed by atoms with Gasteiger partial charge in [-0.15, -0.1) is 0 Å². The van der Waals surface area contributed by atoms with E-state index in [0.717, 1.165) is 25.6 Å². The van der Waals surface area contributed by atoms with Gasteiger partial charge in [0.1, 0.15) is 0 Å². The Hall–Kier alpha value is -2.44. The SMILES string of the molecule is CN=C(NCCCn1cccn1)NCCc1cccc(F)c1F. The fourth-order valence-electron chi connectivity index (χ4n) is 2.16. The summed E-state index contributed by atoms with van der Waals surface area (Å²) in [6.45, 7) is 2.04. The van der Waals surface area contributed by atoms with E-state index in [-0.39, 0.29) is 0 Å². The minimum atomic E-state index is -0.816. The average Bonchev–Trinajstić information content (AvgIpc) is 3.07. The van der Waals surface area contributed by atoms with Crippen LogP contribution in [0.2, 0.25) is 0 Å². The molecular weight excluding hydrogens is 300 g/mol. The number of aromatic nitrogens is 2. The molecule has 1 aromatic carbocycles. The zero-order chi connectivity index (χ0) is 16.5. The number of hydrogen-bond donors (Lipinski definition) is 2. The minimum Gasteiger partial charge on any atom is -0.356 e. The molecule has 0 saturated carbocycles. The number of benzene rings is 1. The van der Waals surface area contributed by atoms with Crippen LogP contribution in [0.3, 0.4) is 0 Å². The maximum Gasteiger partial charge on any atom is 0.190 e. The zero-order valence-electron chi connectivity index (χ0n) is 13.1. The molecule has 124 valence electrons. The van der Waals surface area contributed by atoms with Gasteiger partial charge in [0.15, 0.2) is 17.6 Å². The lowest BCUT2D eigenvalue weighted by molar-refractivity contribution is 0.498. The van der Waals surface area contributed by atoms with Crippen LogP contribution in [0.5, 0.6) is 0 Å². The highest BCUT2D eigenvalue weighted by Gasteiger charge is 2.07. The first kappa shape index (κ1) is 16.9. The van der Waals surface area contributed by atoms with E-state index in [1.807, 2.05) is 16.9 Å². The molecule has 0 spiro atoms. The highest BCUT2D eigenvalue weighted by molar-refractivity contribution is 5.79. The van der Waals surface area contributed by atoms with Crippen molar-refractivity contribution in [3.05, 3.63) is 53.9 Å². The second kappa shape index (κ2) is 8.87. The Morgan fingerprint density at radius 2 is 2.04 bits per heavy atom. The molecule has 0 atom stereocenters. The van der Waals surface area contributed by atoms with Gasteiger partial charge in [-0.2, -0.15) is 5.10 Å². The van der Waals surface area contributed by atoms with Gasteiger partial charge in [-0.3, -0.25) is 9.67 Å². The molecule has 0 fully saturated rings. The van der Waals surface area contributed by atoms with Crippen LogP contribution >= 0.6 is 0 Å². The Morgan fingerprint density at radius 1 is 1.22 bits per heavy atom. The maximum atomic E-state index is 13.5. The van der Waals surface area contributed by atoms with Crippen molar-refractivity contribution in [1.29, 1.82) is 0 Å². The van der Waals surface area contributed by atoms with Gasteiger partial charge in [-0.1, -0.05) is 12.1 Å². The number of halogens is 2. The van der Waals surface area contributed by atoms with Gasteiger partial charge < -0.3 is 10.6 Å². The normalized spacial score (nSPS) is 11.5. The van der Waals surface area contributed by atoms with Gasteiger partial charge in [0.05, 0.1) is 0 Å². The van der Waals surface area contributed by atoms with Gasteiger partial charge >= 0.3 is 0 Å². The molecular formula is C16H21F2N5. The van der Waals surface area contributed by atoms with E-state index in [2.05, 4.69) is 20.7 Å². The molecule has 1 heterocycles. The first-order chi connectivity index (χ1) is 11.2. The van der Waals surface area contributed by atoms with E-state index in [1.54, 1.807) is 19.3 Å². The van der Waals surface area contributed by atoms with Gasteiger partial charge in [0.25, 0.3) is 0 Å². The molecule has 0 unspecified atom stereocenters. The summed E-state index contributed by atoms with van der Waals surface area (Å²) in [4.78, 5) is 4.10. The highest BCUT2D eigenvalue weighted by atomic mass is 19.2. The third-order valence-corrected chi connectivity index (χ3v) is 3.36. The van der Waals surface area contributed by atoms with Crippen molar-refractivity contribution in [2.45, 2.75) is 19.4 Å². The smallest absolute Gasteiger partial charge is 0.190 e. The monoisotopic (exact) mass is 321 g/mol. The van der Waals surface area contributed by atoms with Crippen LogP contribution in [-0.2, 0) is 13.0 Å². The summed E-state index contributed by atoms with van der Waals surface area (Å²) < 4.78 is 28.5. The Labute approximate surface area is 134 Å². The third-order valence-electron chi connectivity index (χ3n) is 3.36. The molecule has 7 heteroatoms. The number of aryl methyl sites for hydroxylation is 1. The molecule has 0 aliphatic heterocycles. The number of nitrogens with one attached hydrogen (secondary N) is 2. The van der Waals surface area contributed by atoms with Crippen molar-refractivity contribution >= 4 is 5.96 Å².